The van der Waals surface area contributed by atoms with Crippen LogP contribution in [0.15, 0.2) is 47.6 Å². The number of hydrazone groups is 1. The summed E-state index contributed by atoms with van der Waals surface area (Å²) in [5, 5.41) is 7.78. The van der Waals surface area contributed by atoms with Gasteiger partial charge in [0.05, 0.1) is 17.5 Å². The number of anilines is 1. The van der Waals surface area contributed by atoms with Crippen LogP contribution in [0.25, 0.3) is 22.2 Å². The number of aromatic amines is 1. The molecule has 0 unspecified atom stereocenters. The van der Waals surface area contributed by atoms with Crippen LogP contribution in [-0.2, 0) is 4.79 Å². The summed E-state index contributed by atoms with van der Waals surface area (Å²) in [7, 11) is 3.96. The second-order valence-electron chi connectivity index (χ2n) is 7.38. The molecule has 7 nitrogen and oxygen atoms in total. The summed E-state index contributed by atoms with van der Waals surface area (Å²) < 4.78 is 0. The van der Waals surface area contributed by atoms with Crippen molar-refractivity contribution in [3.05, 3.63) is 53.6 Å². The maximum Gasteiger partial charge on any atom is 0.272 e. The van der Waals surface area contributed by atoms with Crippen LogP contribution in [0.4, 0.5) is 5.69 Å². The predicted molar refractivity (Wildman–Crippen MR) is 122 cm³/mol. The van der Waals surface area contributed by atoms with E-state index in [1.807, 2.05) is 55.4 Å². The van der Waals surface area contributed by atoms with Gasteiger partial charge in [-0.2, -0.15) is 5.10 Å². The Hall–Kier alpha value is -3.16. The van der Waals surface area contributed by atoms with Crippen LogP contribution < -0.4 is 10.7 Å². The average molecular weight is 426 g/mol. The molecule has 2 amide bonds. The highest BCUT2D eigenvalue weighted by Gasteiger charge is 2.22. The minimum atomic E-state index is -0.299. The Morgan fingerprint density at radius 3 is 2.67 bits per heavy atom. The summed E-state index contributed by atoms with van der Waals surface area (Å²) in [5.41, 5.74) is 7.13. The first-order chi connectivity index (χ1) is 14.0. The Labute approximate surface area is 180 Å². The number of rotatable bonds is 6. The third-order valence-corrected chi connectivity index (χ3v) is 4.90. The number of halogens is 1. The number of benzene rings is 2. The fourth-order valence-corrected chi connectivity index (χ4v) is 3.57. The van der Waals surface area contributed by atoms with Crippen LogP contribution >= 0.6 is 12.4 Å². The zero-order valence-corrected chi connectivity index (χ0v) is 17.7. The maximum absolute atomic E-state index is 12.6. The highest BCUT2D eigenvalue weighted by Crippen LogP contribution is 2.34. The van der Waals surface area contributed by atoms with Gasteiger partial charge in [0.2, 0.25) is 5.91 Å². The highest BCUT2D eigenvalue weighted by atomic mass is 35.5. The summed E-state index contributed by atoms with van der Waals surface area (Å²) in [6.07, 6.45) is 2.86. The summed E-state index contributed by atoms with van der Waals surface area (Å²) in [5.74, 6) is -0.369. The molecule has 2 heterocycles. The molecular weight excluding hydrogens is 402 g/mol. The molecular formula is C22H24ClN5O2. The second kappa shape index (κ2) is 9.11. The molecule has 0 spiro atoms. The normalized spacial score (nSPS) is 12.4. The molecule has 0 atom stereocenters. The van der Waals surface area contributed by atoms with Gasteiger partial charge in [0.25, 0.3) is 5.91 Å². The number of hydrogen-bond donors (Lipinski definition) is 3. The molecule has 0 aliphatic carbocycles. The van der Waals surface area contributed by atoms with E-state index in [0.29, 0.717) is 17.7 Å². The third-order valence-electron chi connectivity index (χ3n) is 4.90. The Kier molecular flexibility index (Phi) is 6.54. The molecule has 1 aliphatic rings. The molecule has 0 radical (unpaired) electrons. The number of H-pyrrole nitrogens is 1. The SMILES string of the molecule is CN(C)CCCC(=O)Nc1cc2c3c(c(-c4ccccc4)[nH]c3c1)C=NNC2=O.Cl. The zero-order chi connectivity index (χ0) is 20.4. The summed E-state index contributed by atoms with van der Waals surface area (Å²) in [6, 6.07) is 13.5. The first-order valence-electron chi connectivity index (χ1n) is 9.56. The molecule has 1 aromatic heterocycles. The number of nitrogens with zero attached hydrogens (tertiary/aromatic N) is 2. The predicted octanol–water partition coefficient (Wildman–Crippen LogP) is 3.61. The van der Waals surface area contributed by atoms with Crippen molar-refractivity contribution >= 4 is 47.0 Å². The lowest BCUT2D eigenvalue weighted by atomic mass is 10.0. The van der Waals surface area contributed by atoms with Gasteiger partial charge in [0.1, 0.15) is 0 Å². The van der Waals surface area contributed by atoms with Gasteiger partial charge in [-0.3, -0.25) is 9.59 Å². The van der Waals surface area contributed by atoms with E-state index in [1.165, 1.54) is 0 Å². The van der Waals surface area contributed by atoms with E-state index in [-0.39, 0.29) is 24.2 Å². The van der Waals surface area contributed by atoms with E-state index in [1.54, 1.807) is 12.3 Å². The Morgan fingerprint density at radius 1 is 1.17 bits per heavy atom. The molecule has 3 aromatic rings. The molecule has 4 rings (SSSR count). The van der Waals surface area contributed by atoms with Gasteiger partial charge in [-0.1, -0.05) is 30.3 Å². The van der Waals surface area contributed by atoms with Gasteiger partial charge in [-0.05, 0) is 44.8 Å². The van der Waals surface area contributed by atoms with E-state index in [9.17, 15) is 9.59 Å². The van der Waals surface area contributed by atoms with Gasteiger partial charge >= 0.3 is 0 Å². The van der Waals surface area contributed by atoms with Crippen molar-refractivity contribution in [2.24, 2.45) is 5.10 Å². The number of hydrogen-bond acceptors (Lipinski definition) is 4. The Bertz CT molecular complexity index is 1110. The van der Waals surface area contributed by atoms with Gasteiger partial charge < -0.3 is 15.2 Å². The zero-order valence-electron chi connectivity index (χ0n) is 16.9. The number of carbonyl (C=O) groups excluding carboxylic acids is 2. The van der Waals surface area contributed by atoms with Gasteiger partial charge in [0, 0.05) is 28.6 Å². The molecule has 0 saturated heterocycles. The largest absolute Gasteiger partial charge is 0.354 e. The van der Waals surface area contributed by atoms with Gasteiger partial charge in [0.15, 0.2) is 0 Å². The van der Waals surface area contributed by atoms with Crippen LogP contribution in [-0.4, -0.2) is 48.6 Å². The van der Waals surface area contributed by atoms with Crippen molar-refractivity contribution in [3.63, 3.8) is 0 Å². The van der Waals surface area contributed by atoms with Crippen molar-refractivity contribution < 1.29 is 9.59 Å². The summed E-state index contributed by atoms with van der Waals surface area (Å²) in [6.45, 7) is 0.845. The first-order valence-corrected chi connectivity index (χ1v) is 9.56. The van der Waals surface area contributed by atoms with E-state index in [0.717, 1.165) is 40.7 Å². The standard InChI is InChI=1S/C22H23N5O2.ClH/c1-27(2)10-6-9-19(28)24-15-11-16-20-17(13-23-26-22(16)29)21(25-18(20)12-15)14-7-4-3-5-8-14;/h3-5,7-8,11-13,25H,6,9-10H2,1-2H3,(H,24,28)(H,26,29);1H. The monoisotopic (exact) mass is 425 g/mol. The smallest absolute Gasteiger partial charge is 0.272 e. The Balaban J connectivity index is 0.00000256. The highest BCUT2D eigenvalue weighted by molar-refractivity contribution is 6.18. The lowest BCUT2D eigenvalue weighted by Gasteiger charge is -2.10. The van der Waals surface area contributed by atoms with Crippen LogP contribution in [0, 0.1) is 0 Å². The molecule has 3 N–H and O–H groups in total. The number of carbonyl (C=O) groups is 2. The van der Waals surface area contributed by atoms with Crippen molar-refractivity contribution in [1.82, 2.24) is 15.3 Å². The third kappa shape index (κ3) is 4.37. The molecule has 0 saturated carbocycles. The van der Waals surface area contributed by atoms with Gasteiger partial charge in [-0.25, -0.2) is 5.43 Å². The quantitative estimate of drug-likeness (QED) is 0.563. The second-order valence-corrected chi connectivity index (χ2v) is 7.38. The van der Waals surface area contributed by atoms with Crippen molar-refractivity contribution in [3.8, 4) is 11.3 Å². The minimum Gasteiger partial charge on any atom is -0.354 e. The average Bonchev–Trinajstić information content (AvgIpc) is 2.97. The molecule has 8 heteroatoms. The van der Waals surface area contributed by atoms with Crippen molar-refractivity contribution in [2.45, 2.75) is 12.8 Å². The molecule has 30 heavy (non-hydrogen) atoms. The van der Waals surface area contributed by atoms with Crippen LogP contribution in [0.5, 0.6) is 0 Å². The van der Waals surface area contributed by atoms with E-state index >= 15 is 0 Å². The lowest BCUT2D eigenvalue weighted by Crippen LogP contribution is -2.18. The minimum absolute atomic E-state index is 0. The van der Waals surface area contributed by atoms with Crippen LogP contribution in [0.3, 0.4) is 0 Å². The first kappa shape index (κ1) is 21.5. The lowest BCUT2D eigenvalue weighted by molar-refractivity contribution is -0.116. The fraction of sp³-hybridized carbons (Fsp3) is 0.227. The van der Waals surface area contributed by atoms with E-state index in [2.05, 4.69) is 20.8 Å². The van der Waals surface area contributed by atoms with E-state index in [4.69, 9.17) is 0 Å². The maximum atomic E-state index is 12.6. The summed E-state index contributed by atoms with van der Waals surface area (Å²) in [4.78, 5) is 30.3. The fourth-order valence-electron chi connectivity index (χ4n) is 3.57. The van der Waals surface area contributed by atoms with Crippen molar-refractivity contribution in [1.29, 1.82) is 0 Å². The topological polar surface area (TPSA) is 89.6 Å². The molecule has 156 valence electrons. The van der Waals surface area contributed by atoms with Gasteiger partial charge in [-0.15, -0.1) is 12.4 Å². The van der Waals surface area contributed by atoms with Crippen LogP contribution in [0.2, 0.25) is 0 Å². The molecule has 0 fully saturated rings. The number of aromatic nitrogens is 1. The van der Waals surface area contributed by atoms with E-state index < -0.39 is 0 Å². The molecule has 2 aromatic carbocycles. The number of nitrogens with one attached hydrogen (secondary N) is 3. The number of amides is 2. The Morgan fingerprint density at radius 2 is 1.93 bits per heavy atom. The summed E-state index contributed by atoms with van der Waals surface area (Å²) >= 11 is 0. The molecule has 0 bridgehead atoms. The molecule has 1 aliphatic heterocycles. The van der Waals surface area contributed by atoms with Crippen LogP contribution in [0.1, 0.15) is 28.8 Å². The van der Waals surface area contributed by atoms with Crippen molar-refractivity contribution in [2.75, 3.05) is 26.0 Å².